The molecule has 3 aliphatic heterocycles. The molecule has 1 aromatic carbocycles. The Labute approximate surface area is 148 Å². The van der Waals surface area contributed by atoms with Crippen LogP contribution in [-0.2, 0) is 9.47 Å². The summed E-state index contributed by atoms with van der Waals surface area (Å²) >= 11 is 0. The molecule has 0 amide bonds. The van der Waals surface area contributed by atoms with Crippen LogP contribution in [0.4, 0.5) is 0 Å². The summed E-state index contributed by atoms with van der Waals surface area (Å²) in [5.41, 5.74) is 2.13. The first-order valence-electron chi connectivity index (χ1n) is 8.92. The standard InChI is InChI=1S/C19H26N2O4/c1-22-17-4-2-3-16-9-15(11-24-18(16)17)10-21-6-8-25-19(13-21)12-20-5-7-23-14-19/h2-4,9,20H,5-8,10-14H2,1H3/t19-/m1/s1. The predicted octanol–water partition coefficient (Wildman–Crippen LogP) is 1.16. The van der Waals surface area contributed by atoms with Gasteiger partial charge in [-0.2, -0.15) is 0 Å². The Morgan fingerprint density at radius 1 is 1.32 bits per heavy atom. The first-order chi connectivity index (χ1) is 12.3. The van der Waals surface area contributed by atoms with E-state index in [-0.39, 0.29) is 5.60 Å². The van der Waals surface area contributed by atoms with Crippen molar-refractivity contribution in [1.82, 2.24) is 10.2 Å². The third-order valence-electron chi connectivity index (χ3n) is 4.98. The van der Waals surface area contributed by atoms with Crippen LogP contribution in [0.2, 0.25) is 0 Å². The Hall–Kier alpha value is -1.60. The number of methoxy groups -OCH3 is 1. The topological polar surface area (TPSA) is 52.2 Å². The number of fused-ring (bicyclic) bond motifs is 1. The van der Waals surface area contributed by atoms with E-state index in [2.05, 4.69) is 22.4 Å². The van der Waals surface area contributed by atoms with E-state index in [1.54, 1.807) is 7.11 Å². The average Bonchev–Trinajstić information content (AvgIpc) is 2.86. The predicted molar refractivity (Wildman–Crippen MR) is 95.3 cm³/mol. The largest absolute Gasteiger partial charge is 0.493 e. The molecule has 0 saturated carbocycles. The summed E-state index contributed by atoms with van der Waals surface area (Å²) in [7, 11) is 1.67. The van der Waals surface area contributed by atoms with Gasteiger partial charge in [0, 0.05) is 38.3 Å². The first kappa shape index (κ1) is 16.8. The van der Waals surface area contributed by atoms with Crippen molar-refractivity contribution in [3.63, 3.8) is 0 Å². The van der Waals surface area contributed by atoms with E-state index in [0.717, 1.165) is 63.0 Å². The van der Waals surface area contributed by atoms with Gasteiger partial charge in [0.2, 0.25) is 0 Å². The minimum atomic E-state index is -0.230. The molecule has 6 nitrogen and oxygen atoms in total. The van der Waals surface area contributed by atoms with Gasteiger partial charge in [0.05, 0.1) is 26.9 Å². The molecule has 0 aliphatic carbocycles. The van der Waals surface area contributed by atoms with Crippen LogP contribution in [0, 0.1) is 0 Å². The maximum Gasteiger partial charge on any atom is 0.168 e. The van der Waals surface area contributed by atoms with Gasteiger partial charge in [-0.25, -0.2) is 0 Å². The lowest BCUT2D eigenvalue weighted by molar-refractivity contribution is -0.132. The van der Waals surface area contributed by atoms with Gasteiger partial charge in [0.1, 0.15) is 12.2 Å². The van der Waals surface area contributed by atoms with Crippen LogP contribution in [0.1, 0.15) is 5.56 Å². The number of rotatable bonds is 3. The highest BCUT2D eigenvalue weighted by Gasteiger charge is 2.38. The molecule has 3 aliphatic rings. The van der Waals surface area contributed by atoms with Gasteiger partial charge in [0.15, 0.2) is 11.5 Å². The van der Waals surface area contributed by atoms with Crippen molar-refractivity contribution in [1.29, 1.82) is 0 Å². The molecule has 1 spiro atoms. The van der Waals surface area contributed by atoms with E-state index in [1.165, 1.54) is 5.57 Å². The zero-order valence-corrected chi connectivity index (χ0v) is 14.8. The lowest BCUT2D eigenvalue weighted by Crippen LogP contribution is -2.58. The van der Waals surface area contributed by atoms with E-state index < -0.39 is 0 Å². The van der Waals surface area contributed by atoms with Gasteiger partial charge in [-0.15, -0.1) is 0 Å². The number of benzene rings is 1. The first-order valence-corrected chi connectivity index (χ1v) is 8.92. The minimum absolute atomic E-state index is 0.230. The second-order valence-corrected chi connectivity index (χ2v) is 6.94. The number of ether oxygens (including phenoxy) is 4. The fourth-order valence-electron chi connectivity index (χ4n) is 3.79. The van der Waals surface area contributed by atoms with Crippen LogP contribution in [0.5, 0.6) is 11.5 Å². The highest BCUT2D eigenvalue weighted by Crippen LogP contribution is 2.35. The minimum Gasteiger partial charge on any atom is -0.493 e. The second-order valence-electron chi connectivity index (χ2n) is 6.94. The second kappa shape index (κ2) is 7.33. The van der Waals surface area contributed by atoms with E-state index in [1.807, 2.05) is 12.1 Å². The third-order valence-corrected chi connectivity index (χ3v) is 4.98. The number of para-hydroxylation sites is 1. The summed E-state index contributed by atoms with van der Waals surface area (Å²) in [6.45, 7) is 7.20. The van der Waals surface area contributed by atoms with Crippen molar-refractivity contribution in [2.24, 2.45) is 0 Å². The molecular formula is C19H26N2O4. The monoisotopic (exact) mass is 346 g/mol. The molecule has 0 aromatic heterocycles. The van der Waals surface area contributed by atoms with E-state index in [4.69, 9.17) is 18.9 Å². The number of hydrogen-bond donors (Lipinski definition) is 1. The summed E-state index contributed by atoms with van der Waals surface area (Å²) in [6.07, 6.45) is 2.23. The summed E-state index contributed by atoms with van der Waals surface area (Å²) < 4.78 is 23.2. The van der Waals surface area contributed by atoms with E-state index in [0.29, 0.717) is 13.2 Å². The highest BCUT2D eigenvalue weighted by atomic mass is 16.5. The highest BCUT2D eigenvalue weighted by molar-refractivity contribution is 5.66. The van der Waals surface area contributed by atoms with Crippen LogP contribution in [-0.4, -0.2) is 76.8 Å². The van der Waals surface area contributed by atoms with Crippen molar-refractivity contribution < 1.29 is 18.9 Å². The molecular weight excluding hydrogens is 320 g/mol. The molecule has 0 unspecified atom stereocenters. The van der Waals surface area contributed by atoms with Crippen LogP contribution in [0.25, 0.3) is 6.08 Å². The van der Waals surface area contributed by atoms with Gasteiger partial charge in [-0.1, -0.05) is 12.1 Å². The molecule has 1 N–H and O–H groups in total. The van der Waals surface area contributed by atoms with Crippen molar-refractivity contribution >= 4 is 6.08 Å². The molecule has 3 heterocycles. The van der Waals surface area contributed by atoms with Crippen molar-refractivity contribution in [3.8, 4) is 11.5 Å². The fourth-order valence-corrected chi connectivity index (χ4v) is 3.79. The lowest BCUT2D eigenvalue weighted by Gasteiger charge is -2.42. The summed E-state index contributed by atoms with van der Waals surface area (Å²) in [5.74, 6) is 1.63. The number of morpholine rings is 1. The van der Waals surface area contributed by atoms with Crippen LogP contribution < -0.4 is 14.8 Å². The molecule has 1 atom stereocenters. The van der Waals surface area contributed by atoms with Crippen molar-refractivity contribution in [2.75, 3.05) is 66.3 Å². The number of hydrogen-bond acceptors (Lipinski definition) is 6. The molecule has 2 saturated heterocycles. The molecule has 25 heavy (non-hydrogen) atoms. The number of nitrogens with zero attached hydrogens (tertiary/aromatic N) is 1. The average molecular weight is 346 g/mol. The molecule has 136 valence electrons. The Morgan fingerprint density at radius 3 is 3.20 bits per heavy atom. The Kier molecular flexibility index (Phi) is 4.94. The Balaban J connectivity index is 1.46. The van der Waals surface area contributed by atoms with Crippen molar-refractivity contribution in [3.05, 3.63) is 29.3 Å². The van der Waals surface area contributed by atoms with Gasteiger partial charge in [-0.3, -0.25) is 4.90 Å². The maximum absolute atomic E-state index is 6.10. The summed E-state index contributed by atoms with van der Waals surface area (Å²) in [6, 6.07) is 6.00. The molecule has 1 aromatic rings. The van der Waals surface area contributed by atoms with E-state index >= 15 is 0 Å². The normalized spacial score (nSPS) is 27.2. The molecule has 4 rings (SSSR count). The molecule has 2 fully saturated rings. The van der Waals surface area contributed by atoms with Gasteiger partial charge in [-0.05, 0) is 17.7 Å². The van der Waals surface area contributed by atoms with Gasteiger partial charge >= 0.3 is 0 Å². The summed E-state index contributed by atoms with van der Waals surface area (Å²) in [5, 5.41) is 3.43. The zero-order valence-electron chi connectivity index (χ0n) is 14.8. The quantitative estimate of drug-likeness (QED) is 0.887. The number of nitrogens with one attached hydrogen (secondary N) is 1. The lowest BCUT2D eigenvalue weighted by atomic mass is 10.0. The molecule has 0 radical (unpaired) electrons. The maximum atomic E-state index is 6.10. The third kappa shape index (κ3) is 3.67. The van der Waals surface area contributed by atoms with Crippen LogP contribution >= 0.6 is 0 Å². The fraction of sp³-hybridized carbons (Fsp3) is 0.579. The Bertz CT molecular complexity index is 638. The SMILES string of the molecule is COc1cccc2c1OCC(CN1CCO[C@]3(CNCCOC3)C1)=C2. The van der Waals surface area contributed by atoms with Gasteiger partial charge < -0.3 is 24.3 Å². The van der Waals surface area contributed by atoms with Crippen LogP contribution in [0.15, 0.2) is 23.8 Å². The smallest absolute Gasteiger partial charge is 0.168 e. The van der Waals surface area contributed by atoms with Crippen LogP contribution in [0.3, 0.4) is 0 Å². The van der Waals surface area contributed by atoms with Gasteiger partial charge in [0.25, 0.3) is 0 Å². The zero-order chi connectivity index (χ0) is 17.1. The van der Waals surface area contributed by atoms with E-state index in [9.17, 15) is 0 Å². The molecule has 6 heteroatoms. The van der Waals surface area contributed by atoms with Crippen molar-refractivity contribution in [2.45, 2.75) is 5.60 Å². The Morgan fingerprint density at radius 2 is 2.28 bits per heavy atom. The molecule has 0 bridgehead atoms. The summed E-state index contributed by atoms with van der Waals surface area (Å²) in [4.78, 5) is 2.44.